The standard InChI is InChI=1S/C16H23NO3/c1-12-8-6-7-9-13(12)17(5)14(18)10-11-15(19)20-16(2,3)4/h6-9H,10-11H2,1-5H3. The van der Waals surface area contributed by atoms with Gasteiger partial charge in [0.2, 0.25) is 5.91 Å². The van der Waals surface area contributed by atoms with Crippen molar-refractivity contribution in [2.45, 2.75) is 46.1 Å². The Labute approximate surface area is 120 Å². The summed E-state index contributed by atoms with van der Waals surface area (Å²) in [5.41, 5.74) is 1.38. The zero-order chi connectivity index (χ0) is 15.3. The van der Waals surface area contributed by atoms with Crippen LogP contribution < -0.4 is 4.90 Å². The number of para-hydroxylation sites is 1. The highest BCUT2D eigenvalue weighted by Crippen LogP contribution is 2.19. The summed E-state index contributed by atoms with van der Waals surface area (Å²) in [5.74, 6) is -0.436. The van der Waals surface area contributed by atoms with Gasteiger partial charge in [0.05, 0.1) is 6.42 Å². The highest BCUT2D eigenvalue weighted by Gasteiger charge is 2.19. The van der Waals surface area contributed by atoms with Gasteiger partial charge in [-0.3, -0.25) is 9.59 Å². The zero-order valence-corrected chi connectivity index (χ0v) is 12.9. The second-order valence-corrected chi connectivity index (χ2v) is 5.83. The lowest BCUT2D eigenvalue weighted by Gasteiger charge is -2.21. The molecule has 0 spiro atoms. The molecule has 0 bridgehead atoms. The Morgan fingerprint density at radius 1 is 1.15 bits per heavy atom. The lowest BCUT2D eigenvalue weighted by Crippen LogP contribution is -2.29. The van der Waals surface area contributed by atoms with Gasteiger partial charge in [0.25, 0.3) is 0 Å². The van der Waals surface area contributed by atoms with Gasteiger partial charge in [-0.2, -0.15) is 0 Å². The molecule has 0 atom stereocenters. The molecule has 0 aliphatic heterocycles. The van der Waals surface area contributed by atoms with Crippen molar-refractivity contribution < 1.29 is 14.3 Å². The Morgan fingerprint density at radius 2 is 1.75 bits per heavy atom. The number of hydrogen-bond acceptors (Lipinski definition) is 3. The van der Waals surface area contributed by atoms with E-state index in [2.05, 4.69) is 0 Å². The Morgan fingerprint density at radius 3 is 2.30 bits per heavy atom. The number of ether oxygens (including phenoxy) is 1. The molecule has 1 amide bonds. The van der Waals surface area contributed by atoms with Gasteiger partial charge in [-0.1, -0.05) is 18.2 Å². The molecule has 0 fully saturated rings. The second-order valence-electron chi connectivity index (χ2n) is 5.83. The van der Waals surface area contributed by atoms with Crippen molar-refractivity contribution in [3.05, 3.63) is 29.8 Å². The average Bonchev–Trinajstić information content (AvgIpc) is 2.33. The molecule has 0 N–H and O–H groups in total. The van der Waals surface area contributed by atoms with Gasteiger partial charge < -0.3 is 9.64 Å². The van der Waals surface area contributed by atoms with Crippen molar-refractivity contribution in [1.82, 2.24) is 0 Å². The van der Waals surface area contributed by atoms with Crippen molar-refractivity contribution in [1.29, 1.82) is 0 Å². The summed E-state index contributed by atoms with van der Waals surface area (Å²) in [4.78, 5) is 25.3. The van der Waals surface area contributed by atoms with Crippen LogP contribution in [0.5, 0.6) is 0 Å². The summed E-state index contributed by atoms with van der Waals surface area (Å²) < 4.78 is 5.19. The van der Waals surface area contributed by atoms with Gasteiger partial charge in [0.1, 0.15) is 5.60 Å². The molecule has 0 unspecified atom stereocenters. The minimum Gasteiger partial charge on any atom is -0.460 e. The third-order valence-electron chi connectivity index (χ3n) is 2.81. The van der Waals surface area contributed by atoms with Crippen LogP contribution in [0, 0.1) is 6.92 Å². The van der Waals surface area contributed by atoms with Crippen molar-refractivity contribution in [2.24, 2.45) is 0 Å². The maximum atomic E-state index is 12.1. The van der Waals surface area contributed by atoms with E-state index in [0.29, 0.717) is 0 Å². The van der Waals surface area contributed by atoms with E-state index < -0.39 is 5.60 Å². The molecule has 0 radical (unpaired) electrons. The normalized spacial score (nSPS) is 11.1. The largest absolute Gasteiger partial charge is 0.460 e. The number of nitrogens with zero attached hydrogens (tertiary/aromatic N) is 1. The van der Waals surface area contributed by atoms with Crippen LogP contribution in [-0.4, -0.2) is 24.5 Å². The van der Waals surface area contributed by atoms with Crippen LogP contribution in [0.2, 0.25) is 0 Å². The summed E-state index contributed by atoms with van der Waals surface area (Å²) in [6, 6.07) is 7.66. The quantitative estimate of drug-likeness (QED) is 0.795. The van der Waals surface area contributed by atoms with Crippen LogP contribution in [-0.2, 0) is 14.3 Å². The minimum atomic E-state index is -0.512. The molecular weight excluding hydrogens is 254 g/mol. The maximum Gasteiger partial charge on any atom is 0.306 e. The van der Waals surface area contributed by atoms with E-state index in [1.54, 1.807) is 11.9 Å². The molecule has 0 aliphatic rings. The first-order chi connectivity index (χ1) is 9.20. The third-order valence-corrected chi connectivity index (χ3v) is 2.81. The van der Waals surface area contributed by atoms with Gasteiger partial charge in [0.15, 0.2) is 0 Å². The SMILES string of the molecule is Cc1ccccc1N(C)C(=O)CCC(=O)OC(C)(C)C. The number of hydrogen-bond donors (Lipinski definition) is 0. The maximum absolute atomic E-state index is 12.1. The van der Waals surface area contributed by atoms with E-state index in [-0.39, 0.29) is 24.7 Å². The van der Waals surface area contributed by atoms with Gasteiger partial charge in [-0.25, -0.2) is 0 Å². The van der Waals surface area contributed by atoms with E-state index in [1.165, 1.54) is 0 Å². The molecule has 0 saturated heterocycles. The number of anilines is 1. The molecule has 20 heavy (non-hydrogen) atoms. The number of benzene rings is 1. The molecule has 110 valence electrons. The highest BCUT2D eigenvalue weighted by molar-refractivity contribution is 5.95. The molecule has 4 heteroatoms. The van der Waals surface area contributed by atoms with Crippen molar-refractivity contribution in [3.8, 4) is 0 Å². The smallest absolute Gasteiger partial charge is 0.306 e. The van der Waals surface area contributed by atoms with Crippen LogP contribution >= 0.6 is 0 Å². The Bertz CT molecular complexity index is 489. The van der Waals surface area contributed by atoms with Crippen LogP contribution in [0.15, 0.2) is 24.3 Å². The molecule has 0 heterocycles. The summed E-state index contributed by atoms with van der Waals surface area (Å²) >= 11 is 0. The average molecular weight is 277 g/mol. The third kappa shape index (κ3) is 5.03. The lowest BCUT2D eigenvalue weighted by atomic mass is 10.1. The van der Waals surface area contributed by atoms with Gasteiger partial charge >= 0.3 is 5.97 Å². The number of amides is 1. The predicted molar refractivity (Wildman–Crippen MR) is 79.7 cm³/mol. The van der Waals surface area contributed by atoms with Crippen molar-refractivity contribution >= 4 is 17.6 Å². The van der Waals surface area contributed by atoms with Crippen molar-refractivity contribution in [2.75, 3.05) is 11.9 Å². The van der Waals surface area contributed by atoms with Gasteiger partial charge in [0, 0.05) is 19.2 Å². The summed E-state index contributed by atoms with van der Waals surface area (Å²) in [6.45, 7) is 7.39. The Kier molecular flexibility index (Phi) is 5.31. The van der Waals surface area contributed by atoms with E-state index in [1.807, 2.05) is 52.0 Å². The molecule has 1 rings (SSSR count). The highest BCUT2D eigenvalue weighted by atomic mass is 16.6. The first-order valence-corrected chi connectivity index (χ1v) is 6.75. The van der Waals surface area contributed by atoms with E-state index >= 15 is 0 Å². The Balaban J connectivity index is 2.55. The predicted octanol–water partition coefficient (Wildman–Crippen LogP) is 3.08. The van der Waals surface area contributed by atoms with Gasteiger partial charge in [-0.15, -0.1) is 0 Å². The van der Waals surface area contributed by atoms with E-state index in [4.69, 9.17) is 4.74 Å². The number of rotatable bonds is 4. The first kappa shape index (κ1) is 16.2. The molecular formula is C16H23NO3. The fourth-order valence-electron chi connectivity index (χ4n) is 1.84. The van der Waals surface area contributed by atoms with E-state index in [0.717, 1.165) is 11.3 Å². The number of carbonyl (C=O) groups excluding carboxylic acids is 2. The Hall–Kier alpha value is -1.84. The molecule has 1 aromatic rings. The molecule has 0 aliphatic carbocycles. The fraction of sp³-hybridized carbons (Fsp3) is 0.500. The van der Waals surface area contributed by atoms with Gasteiger partial charge in [-0.05, 0) is 39.3 Å². The topological polar surface area (TPSA) is 46.6 Å². The van der Waals surface area contributed by atoms with Crippen LogP contribution in [0.4, 0.5) is 5.69 Å². The number of carbonyl (C=O) groups is 2. The summed E-state index contributed by atoms with van der Waals surface area (Å²) in [5, 5.41) is 0. The molecule has 4 nitrogen and oxygen atoms in total. The number of esters is 1. The fourth-order valence-corrected chi connectivity index (χ4v) is 1.84. The summed E-state index contributed by atoms with van der Waals surface area (Å²) in [7, 11) is 1.72. The van der Waals surface area contributed by atoms with Crippen LogP contribution in [0.1, 0.15) is 39.2 Å². The number of aryl methyl sites for hydroxylation is 1. The second kappa shape index (κ2) is 6.55. The summed E-state index contributed by atoms with van der Waals surface area (Å²) in [6.07, 6.45) is 0.256. The zero-order valence-electron chi connectivity index (χ0n) is 12.9. The van der Waals surface area contributed by atoms with Crippen molar-refractivity contribution in [3.63, 3.8) is 0 Å². The van der Waals surface area contributed by atoms with Crippen LogP contribution in [0.3, 0.4) is 0 Å². The van der Waals surface area contributed by atoms with Crippen LogP contribution in [0.25, 0.3) is 0 Å². The molecule has 0 saturated carbocycles. The molecule has 0 aromatic heterocycles. The monoisotopic (exact) mass is 277 g/mol. The lowest BCUT2D eigenvalue weighted by molar-refractivity contribution is -0.155. The van der Waals surface area contributed by atoms with E-state index in [9.17, 15) is 9.59 Å². The first-order valence-electron chi connectivity index (χ1n) is 6.75. The molecule has 1 aromatic carbocycles. The minimum absolute atomic E-state index is 0.0924.